The lowest BCUT2D eigenvalue weighted by Gasteiger charge is -2.39. The summed E-state index contributed by atoms with van der Waals surface area (Å²) in [5.74, 6) is 0.672. The van der Waals surface area contributed by atoms with Crippen molar-refractivity contribution in [3.8, 4) is 0 Å². The monoisotopic (exact) mass is 230 g/mol. The Labute approximate surface area is 101 Å². The summed E-state index contributed by atoms with van der Waals surface area (Å²) in [6, 6.07) is 0. The minimum Gasteiger partial charge on any atom is -0.336 e. The maximum Gasteiger partial charge on any atom is 0.222 e. The quantitative estimate of drug-likeness (QED) is 0.789. The van der Waals surface area contributed by atoms with Gasteiger partial charge in [-0.05, 0) is 19.8 Å². The second-order valence-electron chi connectivity index (χ2n) is 4.77. The highest BCUT2D eigenvalue weighted by atomic mass is 16.2. The lowest BCUT2D eigenvalue weighted by Crippen LogP contribution is -2.53. The summed E-state index contributed by atoms with van der Waals surface area (Å²) in [5.41, 5.74) is 5.46. The third kappa shape index (κ3) is 6.11. The zero-order chi connectivity index (χ0) is 13.4. The first-order valence-electron chi connectivity index (χ1n) is 6.35. The third-order valence-corrected chi connectivity index (χ3v) is 2.38. The average Bonchev–Trinajstić information content (AvgIpc) is 2.27. The molecular weight excluding hydrogens is 200 g/mol. The number of nitrogens with zero attached hydrogens (tertiary/aromatic N) is 1. The van der Waals surface area contributed by atoms with Crippen LogP contribution in [0.15, 0.2) is 0 Å². The Kier molecular flexibility index (Phi) is 9.54. The SMILES string of the molecule is CC.CCC(=O)N(CC(C)C)C(C)(C)CN. The molecule has 0 spiro atoms. The van der Waals surface area contributed by atoms with Crippen LogP contribution in [0.5, 0.6) is 0 Å². The van der Waals surface area contributed by atoms with Gasteiger partial charge in [0.1, 0.15) is 0 Å². The van der Waals surface area contributed by atoms with Crippen molar-refractivity contribution < 1.29 is 4.79 Å². The van der Waals surface area contributed by atoms with Crippen LogP contribution in [0.1, 0.15) is 54.9 Å². The molecule has 0 saturated heterocycles. The van der Waals surface area contributed by atoms with E-state index in [2.05, 4.69) is 13.8 Å². The molecule has 16 heavy (non-hydrogen) atoms. The molecule has 0 aliphatic carbocycles. The second-order valence-corrected chi connectivity index (χ2v) is 4.77. The Hall–Kier alpha value is -0.570. The van der Waals surface area contributed by atoms with E-state index in [1.165, 1.54) is 0 Å². The molecule has 0 bridgehead atoms. The van der Waals surface area contributed by atoms with Gasteiger partial charge in [-0.15, -0.1) is 0 Å². The summed E-state index contributed by atoms with van der Waals surface area (Å²) < 4.78 is 0. The van der Waals surface area contributed by atoms with Crippen molar-refractivity contribution in [3.63, 3.8) is 0 Å². The first-order chi connectivity index (χ1) is 7.35. The van der Waals surface area contributed by atoms with E-state index in [9.17, 15) is 4.79 Å². The van der Waals surface area contributed by atoms with Crippen LogP contribution in [-0.4, -0.2) is 29.4 Å². The number of nitrogens with two attached hydrogens (primary N) is 1. The summed E-state index contributed by atoms with van der Waals surface area (Å²) in [7, 11) is 0. The molecule has 0 atom stereocenters. The van der Waals surface area contributed by atoms with Crippen molar-refractivity contribution in [2.45, 2.75) is 60.4 Å². The third-order valence-electron chi connectivity index (χ3n) is 2.38. The Morgan fingerprint density at radius 3 is 2.00 bits per heavy atom. The van der Waals surface area contributed by atoms with E-state index in [1.54, 1.807) is 0 Å². The predicted molar refractivity (Wildman–Crippen MR) is 71.3 cm³/mol. The van der Waals surface area contributed by atoms with Gasteiger partial charge in [-0.1, -0.05) is 34.6 Å². The highest BCUT2D eigenvalue weighted by Gasteiger charge is 2.28. The summed E-state index contributed by atoms with van der Waals surface area (Å²) in [6.45, 7) is 15.4. The molecular formula is C13H30N2O. The summed E-state index contributed by atoms with van der Waals surface area (Å²) >= 11 is 0. The highest BCUT2D eigenvalue weighted by molar-refractivity contribution is 5.76. The fraction of sp³-hybridized carbons (Fsp3) is 0.923. The van der Waals surface area contributed by atoms with E-state index in [0.717, 1.165) is 6.54 Å². The van der Waals surface area contributed by atoms with Gasteiger partial charge in [-0.3, -0.25) is 4.79 Å². The number of amides is 1. The molecule has 0 aromatic heterocycles. The van der Waals surface area contributed by atoms with E-state index < -0.39 is 0 Å². The van der Waals surface area contributed by atoms with Crippen LogP contribution in [0.2, 0.25) is 0 Å². The van der Waals surface area contributed by atoms with Crippen LogP contribution in [0.25, 0.3) is 0 Å². The van der Waals surface area contributed by atoms with Gasteiger partial charge in [0, 0.05) is 25.0 Å². The van der Waals surface area contributed by atoms with Crippen LogP contribution in [0.4, 0.5) is 0 Å². The van der Waals surface area contributed by atoms with Crippen molar-refractivity contribution in [1.29, 1.82) is 0 Å². The zero-order valence-electron chi connectivity index (χ0n) is 12.1. The van der Waals surface area contributed by atoms with Gasteiger partial charge in [0.15, 0.2) is 0 Å². The van der Waals surface area contributed by atoms with Gasteiger partial charge in [-0.2, -0.15) is 0 Å². The molecule has 98 valence electrons. The van der Waals surface area contributed by atoms with Crippen molar-refractivity contribution in [1.82, 2.24) is 4.90 Å². The molecule has 2 N–H and O–H groups in total. The Bertz CT molecular complexity index is 188. The maximum atomic E-state index is 11.7. The van der Waals surface area contributed by atoms with Gasteiger partial charge in [0.2, 0.25) is 5.91 Å². The topological polar surface area (TPSA) is 46.3 Å². The average molecular weight is 230 g/mol. The molecule has 0 heterocycles. The summed E-state index contributed by atoms with van der Waals surface area (Å²) in [4.78, 5) is 13.6. The molecule has 0 aromatic rings. The predicted octanol–water partition coefficient (Wildman–Crippen LogP) is 2.64. The number of hydrogen-bond donors (Lipinski definition) is 1. The first-order valence-corrected chi connectivity index (χ1v) is 6.35. The number of hydrogen-bond acceptors (Lipinski definition) is 2. The smallest absolute Gasteiger partial charge is 0.222 e. The van der Waals surface area contributed by atoms with Crippen LogP contribution in [0.3, 0.4) is 0 Å². The standard InChI is InChI=1S/C11H24N2O.C2H6/c1-6-10(14)13(7-9(2)3)11(4,5)8-12;1-2/h9H,6-8,12H2,1-5H3;1-2H3. The van der Waals surface area contributed by atoms with Crippen LogP contribution < -0.4 is 5.73 Å². The van der Waals surface area contributed by atoms with E-state index >= 15 is 0 Å². The first kappa shape index (κ1) is 17.8. The van der Waals surface area contributed by atoms with E-state index in [4.69, 9.17) is 5.73 Å². The molecule has 0 aromatic carbocycles. The van der Waals surface area contributed by atoms with Crippen molar-refractivity contribution in [3.05, 3.63) is 0 Å². The normalized spacial score (nSPS) is 10.8. The van der Waals surface area contributed by atoms with Crippen molar-refractivity contribution in [2.75, 3.05) is 13.1 Å². The molecule has 0 fully saturated rings. The molecule has 0 saturated carbocycles. The van der Waals surface area contributed by atoms with Crippen LogP contribution >= 0.6 is 0 Å². The zero-order valence-corrected chi connectivity index (χ0v) is 12.1. The van der Waals surface area contributed by atoms with Gasteiger partial charge >= 0.3 is 0 Å². The Morgan fingerprint density at radius 1 is 1.31 bits per heavy atom. The molecule has 0 unspecified atom stereocenters. The number of carbonyl (C=O) groups is 1. The highest BCUT2D eigenvalue weighted by Crippen LogP contribution is 2.16. The fourth-order valence-corrected chi connectivity index (χ4v) is 1.35. The van der Waals surface area contributed by atoms with Crippen LogP contribution in [-0.2, 0) is 4.79 Å². The summed E-state index contributed by atoms with van der Waals surface area (Å²) in [5, 5.41) is 0. The molecule has 3 heteroatoms. The fourth-order valence-electron chi connectivity index (χ4n) is 1.35. The largest absolute Gasteiger partial charge is 0.336 e. The van der Waals surface area contributed by atoms with Gasteiger partial charge < -0.3 is 10.6 Å². The lowest BCUT2D eigenvalue weighted by molar-refractivity contribution is -0.136. The lowest BCUT2D eigenvalue weighted by atomic mass is 10.0. The van der Waals surface area contributed by atoms with Gasteiger partial charge in [-0.25, -0.2) is 0 Å². The molecule has 0 aliphatic rings. The van der Waals surface area contributed by atoms with Crippen LogP contribution in [0, 0.1) is 5.92 Å². The van der Waals surface area contributed by atoms with E-state index in [1.807, 2.05) is 39.5 Å². The molecule has 0 aliphatic heterocycles. The van der Waals surface area contributed by atoms with E-state index in [-0.39, 0.29) is 11.4 Å². The number of carbonyl (C=O) groups excluding carboxylic acids is 1. The molecule has 1 amide bonds. The van der Waals surface area contributed by atoms with Crippen molar-refractivity contribution in [2.24, 2.45) is 11.7 Å². The Morgan fingerprint density at radius 2 is 1.75 bits per heavy atom. The maximum absolute atomic E-state index is 11.7. The molecule has 0 radical (unpaired) electrons. The number of rotatable bonds is 5. The minimum atomic E-state index is -0.225. The molecule has 0 rings (SSSR count). The minimum absolute atomic E-state index is 0.189. The van der Waals surface area contributed by atoms with E-state index in [0.29, 0.717) is 18.9 Å². The Balaban J connectivity index is 0. The summed E-state index contributed by atoms with van der Waals surface area (Å²) in [6.07, 6.45) is 0.552. The second kappa shape index (κ2) is 8.57. The van der Waals surface area contributed by atoms with Crippen molar-refractivity contribution >= 4 is 5.91 Å². The van der Waals surface area contributed by atoms with Gasteiger partial charge in [0.25, 0.3) is 0 Å². The van der Waals surface area contributed by atoms with Gasteiger partial charge in [0.05, 0.1) is 0 Å². The molecule has 3 nitrogen and oxygen atoms in total.